The van der Waals surface area contributed by atoms with Gasteiger partial charge < -0.3 is 4.90 Å². The highest BCUT2D eigenvalue weighted by Gasteiger charge is 2.22. The zero-order valence-corrected chi connectivity index (χ0v) is 13.8. The molecular weight excluding hydrogens is 292 g/mol. The summed E-state index contributed by atoms with van der Waals surface area (Å²) in [5, 5.41) is 11.2. The van der Waals surface area contributed by atoms with Crippen molar-refractivity contribution in [3.63, 3.8) is 0 Å². The van der Waals surface area contributed by atoms with E-state index in [0.717, 1.165) is 25.9 Å². The predicted molar refractivity (Wildman–Crippen MR) is 84.8 cm³/mol. The van der Waals surface area contributed by atoms with Gasteiger partial charge in [-0.1, -0.05) is 27.7 Å². The number of anilines is 1. The van der Waals surface area contributed by atoms with Crippen LogP contribution in [0.1, 0.15) is 40.5 Å². The molecule has 0 unspecified atom stereocenters. The van der Waals surface area contributed by atoms with Crippen LogP contribution in [0, 0.1) is 22.0 Å². The number of rotatable bonds is 8. The quantitative estimate of drug-likeness (QED) is 0.413. The molecule has 0 amide bonds. The van der Waals surface area contributed by atoms with Crippen molar-refractivity contribution in [3.8, 4) is 0 Å². The third-order valence-corrected chi connectivity index (χ3v) is 3.35. The Kier molecular flexibility index (Phi) is 6.81. The summed E-state index contributed by atoms with van der Waals surface area (Å²) in [6.07, 6.45) is 3.07. The van der Waals surface area contributed by atoms with Crippen LogP contribution in [0.25, 0.3) is 0 Å². The van der Waals surface area contributed by atoms with Gasteiger partial charge in [0.1, 0.15) is 6.20 Å². The summed E-state index contributed by atoms with van der Waals surface area (Å²) in [5.41, 5.74) is -0.0908. The molecule has 0 N–H and O–H groups in total. The number of nitrogens with zero attached hydrogens (tertiary/aromatic N) is 4. The predicted octanol–water partition coefficient (Wildman–Crippen LogP) is 3.94. The fourth-order valence-corrected chi connectivity index (χ4v) is 1.99. The Balaban J connectivity index is 3.04. The van der Waals surface area contributed by atoms with E-state index >= 15 is 0 Å². The second-order valence-electron chi connectivity index (χ2n) is 5.96. The van der Waals surface area contributed by atoms with Crippen LogP contribution in [0.3, 0.4) is 0 Å². The van der Waals surface area contributed by atoms with Gasteiger partial charge in [0.2, 0.25) is 11.1 Å². The molecule has 0 saturated heterocycles. The smallest absolute Gasteiger partial charge is 0.329 e. The number of aromatic nitrogens is 2. The average Bonchev–Trinajstić information content (AvgIpc) is 2.37. The maximum atomic E-state index is 11.2. The second kappa shape index (κ2) is 8.12. The van der Waals surface area contributed by atoms with E-state index in [-0.39, 0.29) is 11.0 Å². The lowest BCUT2D eigenvalue weighted by Crippen LogP contribution is -2.29. The van der Waals surface area contributed by atoms with Crippen LogP contribution in [0.4, 0.5) is 11.5 Å². The molecule has 21 heavy (non-hydrogen) atoms. The van der Waals surface area contributed by atoms with Crippen LogP contribution < -0.4 is 4.90 Å². The molecule has 1 heterocycles. The first-order valence-electron chi connectivity index (χ1n) is 7.23. The normalized spacial score (nSPS) is 11.2. The molecule has 7 heteroatoms. The topological polar surface area (TPSA) is 72.2 Å². The maximum Gasteiger partial charge on any atom is 0.329 e. The summed E-state index contributed by atoms with van der Waals surface area (Å²) in [6.45, 7) is 9.95. The molecule has 0 aliphatic heterocycles. The molecule has 0 radical (unpaired) electrons. The number of nitro groups is 1. The molecule has 0 saturated carbocycles. The molecule has 1 rings (SSSR count). The minimum Gasteiger partial charge on any atom is -0.351 e. The van der Waals surface area contributed by atoms with Crippen molar-refractivity contribution in [2.45, 2.75) is 40.5 Å². The zero-order valence-electron chi connectivity index (χ0n) is 13.0. The van der Waals surface area contributed by atoms with Crippen molar-refractivity contribution in [1.82, 2.24) is 9.97 Å². The third kappa shape index (κ3) is 5.83. The Bertz CT molecular complexity index is 468. The fraction of sp³-hybridized carbons (Fsp3) is 0.714. The van der Waals surface area contributed by atoms with E-state index in [9.17, 15) is 10.1 Å². The van der Waals surface area contributed by atoms with Gasteiger partial charge in [0.05, 0.1) is 4.92 Å². The second-order valence-corrected chi connectivity index (χ2v) is 6.30. The molecule has 118 valence electrons. The maximum absolute atomic E-state index is 11.2. The Labute approximate surface area is 130 Å². The van der Waals surface area contributed by atoms with E-state index in [0.29, 0.717) is 17.7 Å². The number of hydrogen-bond acceptors (Lipinski definition) is 5. The summed E-state index contributed by atoms with van der Waals surface area (Å²) in [6, 6.07) is 0. The Morgan fingerprint density at radius 3 is 2.19 bits per heavy atom. The lowest BCUT2D eigenvalue weighted by Gasteiger charge is -2.25. The van der Waals surface area contributed by atoms with E-state index in [4.69, 9.17) is 11.6 Å². The average molecular weight is 315 g/mol. The Morgan fingerprint density at radius 1 is 1.24 bits per heavy atom. The standard InChI is InChI=1S/C14H23ClN4O2/c1-10(2)5-7-18(8-6-11(3)4)13-12(19(20)21)9-16-14(15)17-13/h9-11H,5-8H2,1-4H3. The lowest BCUT2D eigenvalue weighted by molar-refractivity contribution is -0.384. The summed E-state index contributed by atoms with van der Waals surface area (Å²) >= 11 is 5.82. The van der Waals surface area contributed by atoms with E-state index < -0.39 is 4.92 Å². The van der Waals surface area contributed by atoms with Gasteiger partial charge in [-0.3, -0.25) is 10.1 Å². The first kappa shape index (κ1) is 17.6. The first-order valence-corrected chi connectivity index (χ1v) is 7.61. The van der Waals surface area contributed by atoms with Crippen LogP contribution in [0.5, 0.6) is 0 Å². The highest BCUT2D eigenvalue weighted by atomic mass is 35.5. The molecule has 0 aliphatic carbocycles. The molecule has 0 fully saturated rings. The van der Waals surface area contributed by atoms with Crippen molar-refractivity contribution in [2.75, 3.05) is 18.0 Å². The molecule has 1 aromatic heterocycles. The minimum atomic E-state index is -0.455. The fourth-order valence-electron chi connectivity index (χ4n) is 1.86. The van der Waals surface area contributed by atoms with Gasteiger partial charge in [-0.2, -0.15) is 4.98 Å². The van der Waals surface area contributed by atoms with Gasteiger partial charge >= 0.3 is 5.69 Å². The summed E-state index contributed by atoms with van der Waals surface area (Å²) < 4.78 is 0. The highest BCUT2D eigenvalue weighted by molar-refractivity contribution is 6.28. The van der Waals surface area contributed by atoms with Gasteiger partial charge in [0, 0.05) is 13.1 Å². The van der Waals surface area contributed by atoms with Gasteiger partial charge in [0.25, 0.3) is 0 Å². The van der Waals surface area contributed by atoms with E-state index in [2.05, 4.69) is 37.7 Å². The van der Waals surface area contributed by atoms with Crippen LogP contribution in [0.15, 0.2) is 6.20 Å². The lowest BCUT2D eigenvalue weighted by atomic mass is 10.1. The molecule has 0 aliphatic rings. The Morgan fingerprint density at radius 2 is 1.76 bits per heavy atom. The van der Waals surface area contributed by atoms with Crippen LogP contribution >= 0.6 is 11.6 Å². The monoisotopic (exact) mass is 314 g/mol. The molecule has 0 atom stereocenters. The zero-order chi connectivity index (χ0) is 16.0. The molecule has 0 spiro atoms. The molecule has 6 nitrogen and oxygen atoms in total. The number of halogens is 1. The van der Waals surface area contributed by atoms with Gasteiger partial charge in [-0.05, 0) is 36.3 Å². The van der Waals surface area contributed by atoms with Gasteiger partial charge in [0.15, 0.2) is 0 Å². The summed E-state index contributed by atoms with van der Waals surface area (Å²) in [4.78, 5) is 20.5. The van der Waals surface area contributed by atoms with Gasteiger partial charge in [-0.25, -0.2) is 4.98 Å². The van der Waals surface area contributed by atoms with Crippen molar-refractivity contribution in [3.05, 3.63) is 21.6 Å². The highest BCUT2D eigenvalue weighted by Crippen LogP contribution is 2.27. The minimum absolute atomic E-state index is 0.0368. The van der Waals surface area contributed by atoms with Crippen LogP contribution in [0.2, 0.25) is 5.28 Å². The third-order valence-electron chi connectivity index (χ3n) is 3.17. The van der Waals surface area contributed by atoms with E-state index in [1.54, 1.807) is 0 Å². The first-order chi connectivity index (χ1) is 9.81. The van der Waals surface area contributed by atoms with Crippen LogP contribution in [-0.2, 0) is 0 Å². The molecule has 0 aromatic carbocycles. The van der Waals surface area contributed by atoms with Crippen molar-refractivity contribution in [2.24, 2.45) is 11.8 Å². The van der Waals surface area contributed by atoms with Crippen molar-refractivity contribution in [1.29, 1.82) is 0 Å². The number of hydrogen-bond donors (Lipinski definition) is 0. The SMILES string of the molecule is CC(C)CCN(CCC(C)C)c1nc(Cl)ncc1[N+](=O)[O-]. The Hall–Kier alpha value is -1.43. The van der Waals surface area contributed by atoms with Crippen molar-refractivity contribution < 1.29 is 4.92 Å². The summed E-state index contributed by atoms with van der Waals surface area (Å²) in [5.74, 6) is 1.35. The summed E-state index contributed by atoms with van der Waals surface area (Å²) in [7, 11) is 0. The largest absolute Gasteiger partial charge is 0.351 e. The van der Waals surface area contributed by atoms with Gasteiger partial charge in [-0.15, -0.1) is 0 Å². The molecular formula is C14H23ClN4O2. The van der Waals surface area contributed by atoms with E-state index in [1.165, 1.54) is 6.20 Å². The molecule has 1 aromatic rings. The van der Waals surface area contributed by atoms with Crippen LogP contribution in [-0.4, -0.2) is 28.0 Å². The van der Waals surface area contributed by atoms with Crippen molar-refractivity contribution >= 4 is 23.1 Å². The molecule has 0 bridgehead atoms. The van der Waals surface area contributed by atoms with E-state index in [1.807, 2.05) is 4.90 Å².